The minimum absolute atomic E-state index is 0.0168. The third kappa shape index (κ3) is 3.91. The van der Waals surface area contributed by atoms with Crippen LogP contribution in [-0.4, -0.2) is 19.0 Å². The normalized spacial score (nSPS) is 9.11. The zero-order chi connectivity index (χ0) is 7.28. The number of hydrogen-bond acceptors (Lipinski definition) is 2. The monoisotopic (exact) mass is 128 g/mol. The molecule has 0 aromatic rings. The van der Waals surface area contributed by atoms with Crippen LogP contribution in [0.15, 0.2) is 12.2 Å². The van der Waals surface area contributed by atoms with Gasteiger partial charge in [0.1, 0.15) is 6.61 Å². The molecule has 0 radical (unpaired) electrons. The van der Waals surface area contributed by atoms with Gasteiger partial charge < -0.3 is 4.74 Å². The molecule has 0 N–H and O–H groups in total. The number of hydrogen-bond donors (Lipinski definition) is 0. The summed E-state index contributed by atoms with van der Waals surface area (Å²) in [6.45, 7) is 7.77. The molecule has 0 aromatic carbocycles. The van der Waals surface area contributed by atoms with Crippen LogP contribution in [0, 0.1) is 0 Å². The summed E-state index contributed by atoms with van der Waals surface area (Å²) in [6, 6.07) is 0. The summed E-state index contributed by atoms with van der Waals surface area (Å²) in [5, 5.41) is 0. The Morgan fingerprint density at radius 3 is 2.56 bits per heavy atom. The molecule has 0 rings (SSSR count). The maximum absolute atomic E-state index is 10.7. The van der Waals surface area contributed by atoms with Crippen molar-refractivity contribution in [3.05, 3.63) is 12.2 Å². The van der Waals surface area contributed by atoms with Crippen LogP contribution in [0.5, 0.6) is 0 Å². The minimum atomic E-state index is -0.0168. The first-order valence-corrected chi connectivity index (χ1v) is 2.95. The first-order chi connectivity index (χ1) is 4.18. The number of carbonyl (C=O) groups is 1. The van der Waals surface area contributed by atoms with Gasteiger partial charge in [-0.1, -0.05) is 6.58 Å². The first-order valence-electron chi connectivity index (χ1n) is 2.95. The lowest BCUT2D eigenvalue weighted by molar-refractivity contribution is -0.119. The predicted octanol–water partition coefficient (Wildman–Crippen LogP) is 1.17. The maximum Gasteiger partial charge on any atom is 0.183 e. The fourth-order valence-corrected chi connectivity index (χ4v) is 0.318. The minimum Gasteiger partial charge on any atom is -0.374 e. The van der Waals surface area contributed by atoms with Crippen LogP contribution in [0.2, 0.25) is 0 Å². The van der Waals surface area contributed by atoms with Gasteiger partial charge in [0.15, 0.2) is 5.78 Å². The Labute approximate surface area is 55.5 Å². The topological polar surface area (TPSA) is 26.3 Å². The van der Waals surface area contributed by atoms with Crippen molar-refractivity contribution in [2.45, 2.75) is 13.8 Å². The first kappa shape index (κ1) is 8.37. The van der Waals surface area contributed by atoms with Gasteiger partial charge in [-0.15, -0.1) is 0 Å². The Morgan fingerprint density at radius 1 is 1.67 bits per heavy atom. The Bertz CT molecular complexity index is 116. The summed E-state index contributed by atoms with van der Waals surface area (Å²) in [6.07, 6.45) is 0. The Balaban J connectivity index is 3.39. The summed E-state index contributed by atoms with van der Waals surface area (Å²) in [5.74, 6) is -0.0168. The van der Waals surface area contributed by atoms with Crippen LogP contribution in [-0.2, 0) is 9.53 Å². The standard InChI is InChI=1S/C7H12O2/c1-4-9-5-7(8)6(2)3/h2,4-5H2,1,3H3. The van der Waals surface area contributed by atoms with Crippen LogP contribution in [0.25, 0.3) is 0 Å². The van der Waals surface area contributed by atoms with Gasteiger partial charge in [0.05, 0.1) is 0 Å². The number of ketones is 1. The SMILES string of the molecule is C=C(C)C(=O)COCC. The number of Topliss-reactive ketones (excluding diaryl/α,β-unsaturated/α-hetero) is 1. The summed E-state index contributed by atoms with van der Waals surface area (Å²) in [5.41, 5.74) is 0.559. The number of rotatable bonds is 4. The summed E-state index contributed by atoms with van der Waals surface area (Å²) in [7, 11) is 0. The van der Waals surface area contributed by atoms with Crippen molar-refractivity contribution in [2.24, 2.45) is 0 Å². The Kier molecular flexibility index (Phi) is 3.97. The van der Waals surface area contributed by atoms with Gasteiger partial charge in [-0.2, -0.15) is 0 Å². The fourth-order valence-electron chi connectivity index (χ4n) is 0.318. The van der Waals surface area contributed by atoms with Crippen LogP contribution >= 0.6 is 0 Å². The van der Waals surface area contributed by atoms with Crippen molar-refractivity contribution in [3.8, 4) is 0 Å². The largest absolute Gasteiger partial charge is 0.374 e. The van der Waals surface area contributed by atoms with E-state index in [9.17, 15) is 4.79 Å². The highest BCUT2D eigenvalue weighted by atomic mass is 16.5. The highest BCUT2D eigenvalue weighted by molar-refractivity contribution is 5.95. The summed E-state index contributed by atoms with van der Waals surface area (Å²) < 4.78 is 4.85. The molecule has 0 unspecified atom stereocenters. The van der Waals surface area contributed by atoms with E-state index in [0.717, 1.165) is 0 Å². The van der Waals surface area contributed by atoms with Crippen molar-refractivity contribution in [1.29, 1.82) is 0 Å². The van der Waals surface area contributed by atoms with E-state index < -0.39 is 0 Å². The van der Waals surface area contributed by atoms with Crippen LogP contribution in [0.1, 0.15) is 13.8 Å². The molecule has 0 spiro atoms. The van der Waals surface area contributed by atoms with E-state index in [1.54, 1.807) is 6.92 Å². The van der Waals surface area contributed by atoms with Crippen molar-refractivity contribution in [1.82, 2.24) is 0 Å². The third-order valence-corrected chi connectivity index (χ3v) is 0.913. The Hall–Kier alpha value is -0.630. The molecule has 2 nitrogen and oxygen atoms in total. The molecular weight excluding hydrogens is 116 g/mol. The second kappa shape index (κ2) is 4.27. The smallest absolute Gasteiger partial charge is 0.183 e. The molecule has 0 aliphatic heterocycles. The highest BCUT2D eigenvalue weighted by Gasteiger charge is 1.99. The average molecular weight is 128 g/mol. The average Bonchev–Trinajstić information content (AvgIpc) is 1.82. The van der Waals surface area contributed by atoms with Crippen LogP contribution in [0.4, 0.5) is 0 Å². The predicted molar refractivity (Wildman–Crippen MR) is 36.3 cm³/mol. The van der Waals surface area contributed by atoms with Crippen LogP contribution in [0.3, 0.4) is 0 Å². The van der Waals surface area contributed by atoms with Gasteiger partial charge in [-0.25, -0.2) is 0 Å². The molecule has 0 saturated carbocycles. The van der Waals surface area contributed by atoms with E-state index in [4.69, 9.17) is 4.74 Å². The summed E-state index contributed by atoms with van der Waals surface area (Å²) >= 11 is 0. The molecule has 0 atom stereocenters. The van der Waals surface area contributed by atoms with E-state index in [0.29, 0.717) is 12.2 Å². The van der Waals surface area contributed by atoms with Gasteiger partial charge >= 0.3 is 0 Å². The zero-order valence-corrected chi connectivity index (χ0v) is 5.94. The Morgan fingerprint density at radius 2 is 2.22 bits per heavy atom. The van der Waals surface area contributed by atoms with Crippen molar-refractivity contribution in [2.75, 3.05) is 13.2 Å². The van der Waals surface area contributed by atoms with Gasteiger partial charge in [0.2, 0.25) is 0 Å². The second-order valence-electron chi connectivity index (χ2n) is 1.84. The molecule has 0 amide bonds. The molecule has 0 saturated heterocycles. The zero-order valence-electron chi connectivity index (χ0n) is 5.94. The lowest BCUT2D eigenvalue weighted by atomic mass is 10.2. The van der Waals surface area contributed by atoms with E-state index >= 15 is 0 Å². The molecule has 2 heteroatoms. The quantitative estimate of drug-likeness (QED) is 0.531. The van der Waals surface area contributed by atoms with Crippen molar-refractivity contribution >= 4 is 5.78 Å². The van der Waals surface area contributed by atoms with E-state index in [2.05, 4.69) is 6.58 Å². The van der Waals surface area contributed by atoms with Crippen LogP contribution < -0.4 is 0 Å². The molecular formula is C7H12O2. The van der Waals surface area contributed by atoms with Gasteiger partial charge in [-0.3, -0.25) is 4.79 Å². The van der Waals surface area contributed by atoms with Crippen molar-refractivity contribution < 1.29 is 9.53 Å². The van der Waals surface area contributed by atoms with Crippen molar-refractivity contribution in [3.63, 3.8) is 0 Å². The molecule has 9 heavy (non-hydrogen) atoms. The molecule has 0 heterocycles. The molecule has 0 aliphatic carbocycles. The van der Waals surface area contributed by atoms with E-state index in [-0.39, 0.29) is 12.4 Å². The molecule has 0 bridgehead atoms. The fraction of sp³-hybridized carbons (Fsp3) is 0.571. The van der Waals surface area contributed by atoms with Gasteiger partial charge in [-0.05, 0) is 19.4 Å². The number of ether oxygens (including phenoxy) is 1. The third-order valence-electron chi connectivity index (χ3n) is 0.913. The molecule has 52 valence electrons. The molecule has 0 aliphatic rings. The molecule has 0 fully saturated rings. The lowest BCUT2D eigenvalue weighted by Crippen LogP contribution is -2.08. The van der Waals surface area contributed by atoms with E-state index in [1.165, 1.54) is 0 Å². The maximum atomic E-state index is 10.7. The number of carbonyl (C=O) groups excluding carboxylic acids is 1. The second-order valence-corrected chi connectivity index (χ2v) is 1.84. The summed E-state index contributed by atoms with van der Waals surface area (Å²) in [4.78, 5) is 10.7. The molecule has 0 aromatic heterocycles. The van der Waals surface area contributed by atoms with E-state index in [1.807, 2.05) is 6.92 Å². The lowest BCUT2D eigenvalue weighted by Gasteiger charge is -1.97. The van der Waals surface area contributed by atoms with Gasteiger partial charge in [0, 0.05) is 6.61 Å². The van der Waals surface area contributed by atoms with Gasteiger partial charge in [0.25, 0.3) is 0 Å². The highest BCUT2D eigenvalue weighted by Crippen LogP contribution is 1.89.